The number of hydrogen-bond acceptors (Lipinski definition) is 2. The molecule has 0 N–H and O–H groups in total. The highest BCUT2D eigenvalue weighted by atomic mass is 16.5. The second-order valence-electron chi connectivity index (χ2n) is 4.35. The van der Waals surface area contributed by atoms with Crippen LogP contribution >= 0.6 is 0 Å². The zero-order chi connectivity index (χ0) is 9.68. The average Bonchev–Trinajstić information content (AvgIpc) is 2.15. The molecule has 0 amide bonds. The second kappa shape index (κ2) is 5.61. The molecule has 0 aliphatic carbocycles. The number of rotatable bonds is 4. The molecule has 1 aliphatic heterocycles. The van der Waals surface area contributed by atoms with Crippen LogP contribution in [0.3, 0.4) is 0 Å². The summed E-state index contributed by atoms with van der Waals surface area (Å²) in [6, 6.07) is 0.725. The summed E-state index contributed by atoms with van der Waals surface area (Å²) < 4.78 is 5.11. The van der Waals surface area contributed by atoms with Gasteiger partial charge in [-0.05, 0) is 52.1 Å². The Morgan fingerprint density at radius 3 is 2.38 bits per heavy atom. The zero-order valence-corrected chi connectivity index (χ0v) is 9.25. The first kappa shape index (κ1) is 11.0. The number of likely N-dealkylation sites (tertiary alicyclic amines) is 1. The maximum Gasteiger partial charge on any atom is 0.0464 e. The molecule has 2 heteroatoms. The van der Waals surface area contributed by atoms with Gasteiger partial charge in [0.1, 0.15) is 0 Å². The van der Waals surface area contributed by atoms with E-state index in [-0.39, 0.29) is 0 Å². The summed E-state index contributed by atoms with van der Waals surface area (Å²) >= 11 is 0. The van der Waals surface area contributed by atoms with E-state index in [0.717, 1.165) is 18.6 Å². The van der Waals surface area contributed by atoms with E-state index in [0.29, 0.717) is 0 Å². The minimum atomic E-state index is 0.725. The summed E-state index contributed by atoms with van der Waals surface area (Å²) in [6.07, 6.45) is 3.98. The quantitative estimate of drug-likeness (QED) is 0.665. The third-order valence-corrected chi connectivity index (χ3v) is 3.11. The highest BCUT2D eigenvalue weighted by Gasteiger charge is 2.19. The first-order chi connectivity index (χ1) is 6.24. The summed E-state index contributed by atoms with van der Waals surface area (Å²) in [5.74, 6) is 0.912. The molecule has 1 heterocycles. The van der Waals surface area contributed by atoms with Crippen LogP contribution < -0.4 is 0 Å². The van der Waals surface area contributed by atoms with E-state index in [4.69, 9.17) is 4.74 Å². The molecule has 0 saturated carbocycles. The third kappa shape index (κ3) is 3.65. The van der Waals surface area contributed by atoms with Crippen LogP contribution in [0.1, 0.15) is 33.1 Å². The van der Waals surface area contributed by atoms with Crippen molar-refractivity contribution in [3.63, 3.8) is 0 Å². The Hall–Kier alpha value is -0.0800. The number of piperidine rings is 1. The highest BCUT2D eigenvalue weighted by Crippen LogP contribution is 2.21. The molecule has 1 saturated heterocycles. The normalized spacial score (nSPS) is 21.2. The van der Waals surface area contributed by atoms with Crippen molar-refractivity contribution in [1.82, 2.24) is 4.90 Å². The van der Waals surface area contributed by atoms with Gasteiger partial charge in [0, 0.05) is 19.8 Å². The minimum Gasteiger partial charge on any atom is -0.385 e. The Morgan fingerprint density at radius 1 is 1.31 bits per heavy atom. The maximum absolute atomic E-state index is 5.11. The van der Waals surface area contributed by atoms with Gasteiger partial charge in [-0.25, -0.2) is 0 Å². The van der Waals surface area contributed by atoms with Crippen LogP contribution in [-0.2, 0) is 4.74 Å². The van der Waals surface area contributed by atoms with E-state index in [1.54, 1.807) is 7.11 Å². The Balaban J connectivity index is 2.15. The predicted molar refractivity (Wildman–Crippen MR) is 55.9 cm³/mol. The maximum atomic E-state index is 5.11. The van der Waals surface area contributed by atoms with Crippen LogP contribution in [0.2, 0.25) is 0 Å². The molecule has 13 heavy (non-hydrogen) atoms. The third-order valence-electron chi connectivity index (χ3n) is 3.11. The summed E-state index contributed by atoms with van der Waals surface area (Å²) in [5.41, 5.74) is 0. The predicted octanol–water partition coefficient (Wildman–Crippen LogP) is 2.14. The van der Waals surface area contributed by atoms with E-state index < -0.39 is 0 Å². The van der Waals surface area contributed by atoms with Crippen molar-refractivity contribution in [2.75, 3.05) is 26.8 Å². The summed E-state index contributed by atoms with van der Waals surface area (Å²) in [6.45, 7) is 8.08. The van der Waals surface area contributed by atoms with E-state index in [9.17, 15) is 0 Å². The summed E-state index contributed by atoms with van der Waals surface area (Å²) in [7, 11) is 1.79. The SMILES string of the molecule is COCCC1CCN(C(C)C)CC1. The topological polar surface area (TPSA) is 12.5 Å². The van der Waals surface area contributed by atoms with Crippen molar-refractivity contribution in [2.45, 2.75) is 39.2 Å². The van der Waals surface area contributed by atoms with Crippen LogP contribution in [0, 0.1) is 5.92 Å². The highest BCUT2D eigenvalue weighted by molar-refractivity contribution is 4.74. The number of hydrogen-bond donors (Lipinski definition) is 0. The monoisotopic (exact) mass is 185 g/mol. The van der Waals surface area contributed by atoms with Gasteiger partial charge >= 0.3 is 0 Å². The van der Waals surface area contributed by atoms with Gasteiger partial charge in [-0.2, -0.15) is 0 Å². The Kier molecular flexibility index (Phi) is 4.74. The van der Waals surface area contributed by atoms with Crippen molar-refractivity contribution in [2.24, 2.45) is 5.92 Å². The number of ether oxygens (including phenoxy) is 1. The van der Waals surface area contributed by atoms with E-state index in [1.165, 1.54) is 32.4 Å². The molecule has 0 atom stereocenters. The minimum absolute atomic E-state index is 0.725. The van der Waals surface area contributed by atoms with Crippen LogP contribution in [0.5, 0.6) is 0 Å². The molecule has 2 nitrogen and oxygen atoms in total. The van der Waals surface area contributed by atoms with Crippen molar-refractivity contribution >= 4 is 0 Å². The van der Waals surface area contributed by atoms with Crippen molar-refractivity contribution in [1.29, 1.82) is 0 Å². The molecule has 78 valence electrons. The Bertz CT molecular complexity index is 128. The van der Waals surface area contributed by atoms with Crippen LogP contribution in [0.4, 0.5) is 0 Å². The van der Waals surface area contributed by atoms with Crippen molar-refractivity contribution in [3.8, 4) is 0 Å². The van der Waals surface area contributed by atoms with Gasteiger partial charge in [-0.15, -0.1) is 0 Å². The average molecular weight is 185 g/mol. The number of nitrogens with zero attached hydrogens (tertiary/aromatic N) is 1. The van der Waals surface area contributed by atoms with Gasteiger partial charge in [0.15, 0.2) is 0 Å². The summed E-state index contributed by atoms with van der Waals surface area (Å²) in [5, 5.41) is 0. The second-order valence-corrected chi connectivity index (χ2v) is 4.35. The lowest BCUT2D eigenvalue weighted by atomic mass is 9.93. The van der Waals surface area contributed by atoms with Gasteiger partial charge < -0.3 is 9.64 Å². The van der Waals surface area contributed by atoms with Crippen LogP contribution in [0.25, 0.3) is 0 Å². The fourth-order valence-electron chi connectivity index (χ4n) is 2.04. The lowest BCUT2D eigenvalue weighted by molar-refractivity contribution is 0.119. The molecule has 0 unspecified atom stereocenters. The lowest BCUT2D eigenvalue weighted by Crippen LogP contribution is -2.38. The fourth-order valence-corrected chi connectivity index (χ4v) is 2.04. The van der Waals surface area contributed by atoms with Crippen LogP contribution in [0.15, 0.2) is 0 Å². The van der Waals surface area contributed by atoms with Gasteiger partial charge in [0.25, 0.3) is 0 Å². The van der Waals surface area contributed by atoms with Crippen molar-refractivity contribution in [3.05, 3.63) is 0 Å². The molecule has 0 spiro atoms. The van der Waals surface area contributed by atoms with Gasteiger partial charge in [0.2, 0.25) is 0 Å². The molecule has 0 radical (unpaired) electrons. The molecule has 1 fully saturated rings. The standard InChI is InChI=1S/C11H23NO/c1-10(2)12-7-4-11(5-8-12)6-9-13-3/h10-11H,4-9H2,1-3H3. The lowest BCUT2D eigenvalue weighted by Gasteiger charge is -2.34. The first-order valence-electron chi connectivity index (χ1n) is 5.47. The molecular formula is C11H23NO. The van der Waals surface area contributed by atoms with E-state index in [1.807, 2.05) is 0 Å². The smallest absolute Gasteiger partial charge is 0.0464 e. The van der Waals surface area contributed by atoms with Crippen molar-refractivity contribution < 1.29 is 4.74 Å². The summed E-state index contributed by atoms with van der Waals surface area (Å²) in [4.78, 5) is 2.57. The van der Waals surface area contributed by atoms with E-state index in [2.05, 4.69) is 18.7 Å². The largest absolute Gasteiger partial charge is 0.385 e. The van der Waals surface area contributed by atoms with Gasteiger partial charge in [-0.1, -0.05) is 0 Å². The first-order valence-corrected chi connectivity index (χ1v) is 5.47. The van der Waals surface area contributed by atoms with Gasteiger partial charge in [0.05, 0.1) is 0 Å². The fraction of sp³-hybridized carbons (Fsp3) is 1.00. The number of methoxy groups -OCH3 is 1. The van der Waals surface area contributed by atoms with E-state index >= 15 is 0 Å². The molecule has 1 aliphatic rings. The molecule has 0 aromatic carbocycles. The molecule has 0 bridgehead atoms. The Labute approximate surface area is 82.3 Å². The van der Waals surface area contributed by atoms with Gasteiger partial charge in [-0.3, -0.25) is 0 Å². The molecular weight excluding hydrogens is 162 g/mol. The zero-order valence-electron chi connectivity index (χ0n) is 9.25. The molecule has 1 rings (SSSR count). The Morgan fingerprint density at radius 2 is 1.92 bits per heavy atom. The van der Waals surface area contributed by atoms with Crippen LogP contribution in [-0.4, -0.2) is 37.7 Å². The molecule has 0 aromatic heterocycles. The molecule has 0 aromatic rings.